The molecule has 5 amide bonds. The van der Waals surface area contributed by atoms with Crippen LogP contribution in [0, 0.1) is 11.8 Å². The molecule has 6 rings (SSSR count). The van der Waals surface area contributed by atoms with E-state index in [1.165, 1.54) is 22.7 Å². The number of carbonyl (C=O) groups excluding carboxylic acids is 7. The molecular formula is C49H59ClN12O9S2. The third-order valence-corrected chi connectivity index (χ3v) is 14.8. The van der Waals surface area contributed by atoms with Crippen molar-refractivity contribution in [2.45, 2.75) is 102 Å². The van der Waals surface area contributed by atoms with E-state index < -0.39 is 41.7 Å². The Balaban J connectivity index is 0.954. The predicted octanol–water partition coefficient (Wildman–Crippen LogP) is 5.58. The Morgan fingerprint density at radius 1 is 0.959 bits per heavy atom. The van der Waals surface area contributed by atoms with Crippen LogP contribution in [0.2, 0.25) is 5.02 Å². The number of carboxylic acid groups (broad SMARTS) is 1. The van der Waals surface area contributed by atoms with Gasteiger partial charge in [0.15, 0.2) is 18.3 Å². The monoisotopic (exact) mass is 1060 g/mol. The third kappa shape index (κ3) is 14.7. The Morgan fingerprint density at radius 2 is 1.74 bits per heavy atom. The minimum atomic E-state index is -1.25. The molecule has 4 aromatic rings. The molecule has 0 radical (unpaired) electrons. The number of benzene rings is 2. The number of amidine groups is 1. The zero-order valence-corrected chi connectivity index (χ0v) is 43.3. The normalized spacial score (nSPS) is 15.6. The predicted molar refractivity (Wildman–Crippen MR) is 280 cm³/mol. The summed E-state index contributed by atoms with van der Waals surface area (Å²) in [5.41, 5.74) is 14.0. The van der Waals surface area contributed by atoms with Crippen LogP contribution in [0.25, 0.3) is 10.9 Å². The zero-order chi connectivity index (χ0) is 52.9. The second-order valence-corrected chi connectivity index (χ2v) is 20.5. The minimum absolute atomic E-state index is 0.00235. The van der Waals surface area contributed by atoms with Crippen LogP contribution in [-0.2, 0) is 41.7 Å². The van der Waals surface area contributed by atoms with Crippen molar-refractivity contribution in [2.75, 3.05) is 42.8 Å². The van der Waals surface area contributed by atoms with Gasteiger partial charge in [0.1, 0.15) is 17.6 Å². The van der Waals surface area contributed by atoms with E-state index in [9.17, 15) is 43.5 Å². The Morgan fingerprint density at radius 3 is 2.44 bits per heavy atom. The number of rotatable bonds is 27. The van der Waals surface area contributed by atoms with Crippen molar-refractivity contribution < 1.29 is 43.5 Å². The summed E-state index contributed by atoms with van der Waals surface area (Å²) in [6, 6.07) is 9.35. The van der Waals surface area contributed by atoms with Gasteiger partial charge in [0.2, 0.25) is 23.7 Å². The molecule has 73 heavy (non-hydrogen) atoms. The van der Waals surface area contributed by atoms with Crippen molar-refractivity contribution in [1.29, 1.82) is 0 Å². The molecule has 4 atom stereocenters. The first-order valence-corrected chi connectivity index (χ1v) is 26.3. The number of thioether (sulfide) groups is 1. The maximum Gasteiger partial charge on any atom is 0.326 e. The van der Waals surface area contributed by atoms with Crippen LogP contribution >= 0.6 is 34.7 Å². The van der Waals surface area contributed by atoms with Crippen LogP contribution in [0.4, 0.5) is 16.8 Å². The molecular weight excluding hydrogens is 1000 g/mol. The van der Waals surface area contributed by atoms with Gasteiger partial charge in [0, 0.05) is 56.8 Å². The number of anilines is 3. The van der Waals surface area contributed by atoms with Gasteiger partial charge in [-0.3, -0.25) is 38.5 Å². The Kier molecular flexibility index (Phi) is 19.5. The van der Waals surface area contributed by atoms with Crippen molar-refractivity contribution in [3.05, 3.63) is 74.6 Å². The van der Waals surface area contributed by atoms with E-state index in [1.54, 1.807) is 49.6 Å². The van der Waals surface area contributed by atoms with Crippen molar-refractivity contribution in [1.82, 2.24) is 30.8 Å². The second-order valence-electron chi connectivity index (χ2n) is 18.0. The number of likely N-dealkylation sites (tertiary alicyclic amines) is 1. The summed E-state index contributed by atoms with van der Waals surface area (Å²) in [6.07, 6.45) is 4.17. The molecule has 388 valence electrons. The van der Waals surface area contributed by atoms with Gasteiger partial charge in [-0.05, 0) is 86.2 Å². The van der Waals surface area contributed by atoms with E-state index in [0.29, 0.717) is 63.4 Å². The van der Waals surface area contributed by atoms with Crippen LogP contribution in [-0.4, -0.2) is 116 Å². The molecule has 2 aliphatic rings. The number of unbranched alkanes of at least 4 members (excludes halogenated alkanes) is 2. The number of imide groups is 1. The lowest BCUT2D eigenvalue weighted by Crippen LogP contribution is -2.44. The summed E-state index contributed by atoms with van der Waals surface area (Å²) >= 11 is 9.10. The number of azo groups is 1. The first-order valence-electron chi connectivity index (χ1n) is 23.8. The number of carbonyl (C=O) groups is 8. The quantitative estimate of drug-likeness (QED) is 0.0283. The Labute approximate surface area is 434 Å². The highest BCUT2D eigenvalue weighted by Gasteiger charge is 2.37. The Bertz CT molecular complexity index is 2840. The fraction of sp³-hybridized carbons (Fsp3) is 0.449. The lowest BCUT2D eigenvalue weighted by molar-refractivity contribution is -0.140. The number of aliphatic carboxylic acids is 1. The van der Waals surface area contributed by atoms with E-state index in [-0.39, 0.29) is 121 Å². The first kappa shape index (κ1) is 55.5. The smallest absolute Gasteiger partial charge is 0.326 e. The van der Waals surface area contributed by atoms with Crippen molar-refractivity contribution >= 4 is 115 Å². The van der Waals surface area contributed by atoms with Gasteiger partial charge in [-0.1, -0.05) is 44.0 Å². The van der Waals surface area contributed by atoms with Crippen molar-refractivity contribution in [3.8, 4) is 0 Å². The fourth-order valence-corrected chi connectivity index (χ4v) is 10.0. The molecule has 2 aromatic carbocycles. The number of carboxylic acids is 1. The van der Waals surface area contributed by atoms with E-state index in [2.05, 4.69) is 46.5 Å². The SMILES string of the molecule is CSC1CC(=O)N(CCCCCC(=O)C[C@H](C(=O)N[C@@H](C)C(=O)Cc2ccc(C(=O)NCCC[C@H](NC(=O)c3ccc(NCc4ccc5nc(N)nc(N)c5c4Cl)s3)C(=O)O)c(C3=NCN=N3)c2)C(C)C)C1=O. The number of ketones is 2. The molecule has 2 aliphatic heterocycles. The zero-order valence-electron chi connectivity index (χ0n) is 40.9. The number of hydrogen-bond acceptors (Lipinski definition) is 18. The first-order chi connectivity index (χ1) is 34.8. The second kappa shape index (κ2) is 25.7. The van der Waals surface area contributed by atoms with Gasteiger partial charge >= 0.3 is 5.97 Å². The van der Waals surface area contributed by atoms with E-state index >= 15 is 0 Å². The average molecular weight is 1060 g/mol. The number of aliphatic imine (C=N–C) groups is 1. The van der Waals surface area contributed by atoms with Crippen LogP contribution in [0.3, 0.4) is 0 Å². The maximum absolute atomic E-state index is 13.5. The number of hydrogen-bond donors (Lipinski definition) is 7. The summed E-state index contributed by atoms with van der Waals surface area (Å²) in [5, 5.41) is 30.4. The number of amides is 5. The highest BCUT2D eigenvalue weighted by Crippen LogP contribution is 2.32. The summed E-state index contributed by atoms with van der Waals surface area (Å²) in [5.74, 6) is -3.96. The van der Waals surface area contributed by atoms with Crippen LogP contribution in [0.1, 0.15) is 109 Å². The van der Waals surface area contributed by atoms with E-state index in [0.717, 1.165) is 11.3 Å². The molecule has 4 heterocycles. The molecule has 0 saturated carbocycles. The van der Waals surface area contributed by atoms with Crippen LogP contribution < -0.4 is 32.7 Å². The molecule has 9 N–H and O–H groups in total. The van der Waals surface area contributed by atoms with E-state index in [4.69, 9.17) is 23.1 Å². The molecule has 2 aromatic heterocycles. The number of nitrogens with zero attached hydrogens (tertiary/aromatic N) is 6. The summed E-state index contributed by atoms with van der Waals surface area (Å²) in [6.45, 7) is 5.97. The number of nitrogen functional groups attached to an aromatic ring is 2. The summed E-state index contributed by atoms with van der Waals surface area (Å²) in [4.78, 5) is 117. The molecule has 1 unspecified atom stereocenters. The molecule has 21 nitrogen and oxygen atoms in total. The number of nitrogens with two attached hydrogens (primary N) is 2. The highest BCUT2D eigenvalue weighted by atomic mass is 35.5. The standard InChI is InChI=1S/C49H59ClN12O9S2/c1-25(2)31(21-29(63)9-6-5-7-18-62-39(65)22-37(72-4)47(62)69)45(67)57-26(3)35(64)20-27-11-13-30(32(19-27)43-55-24-56-61-43)44(66)53-17-8-10-34(48(70)71)58-46(68)36-15-16-38(73-36)54-23-28-12-14-33-40(41(28)50)42(51)60-49(52)59-33/h11-16,19,25-26,31,34,37,54H,5-10,17-18,20-24H2,1-4H3,(H,53,66)(H,57,67)(H,58,68)(H,70,71)(H4,51,52,59,60)/t26-,31-,34-,37?/m0/s1. The van der Waals surface area contributed by atoms with Gasteiger partial charge in [-0.2, -0.15) is 21.9 Å². The molecule has 1 fully saturated rings. The minimum Gasteiger partial charge on any atom is -0.480 e. The van der Waals surface area contributed by atoms with Gasteiger partial charge in [0.25, 0.3) is 11.8 Å². The van der Waals surface area contributed by atoms with Gasteiger partial charge < -0.3 is 37.8 Å². The Hall–Kier alpha value is -6.85. The topological polar surface area (TPSA) is 323 Å². The van der Waals surface area contributed by atoms with Crippen LogP contribution in [0.15, 0.2) is 57.7 Å². The van der Waals surface area contributed by atoms with Gasteiger partial charge in [-0.15, -0.1) is 16.5 Å². The number of fused-ring (bicyclic) bond motifs is 1. The highest BCUT2D eigenvalue weighted by molar-refractivity contribution is 8.00. The van der Waals surface area contributed by atoms with Gasteiger partial charge in [-0.25, -0.2) is 14.8 Å². The van der Waals surface area contributed by atoms with Gasteiger partial charge in [0.05, 0.1) is 42.7 Å². The summed E-state index contributed by atoms with van der Waals surface area (Å²) in [7, 11) is 0. The van der Waals surface area contributed by atoms with E-state index in [1.807, 2.05) is 13.8 Å². The van der Waals surface area contributed by atoms with Crippen molar-refractivity contribution in [2.24, 2.45) is 27.1 Å². The lowest BCUT2D eigenvalue weighted by Gasteiger charge is -2.22. The largest absolute Gasteiger partial charge is 0.480 e. The number of Topliss-reactive ketones (excluding diaryl/α,β-unsaturated/α-hetero) is 2. The molecule has 0 bridgehead atoms. The lowest BCUT2D eigenvalue weighted by atomic mass is 9.88. The molecule has 24 heteroatoms. The maximum atomic E-state index is 13.5. The molecule has 0 spiro atoms. The molecule has 1 saturated heterocycles. The van der Waals surface area contributed by atoms with Crippen molar-refractivity contribution in [3.63, 3.8) is 0 Å². The number of aromatic nitrogens is 2. The summed E-state index contributed by atoms with van der Waals surface area (Å²) < 4.78 is 0. The number of thiophene rings is 1. The van der Waals surface area contributed by atoms with Crippen LogP contribution in [0.5, 0.6) is 0 Å². The number of halogens is 1. The fourth-order valence-electron chi connectivity index (χ4n) is 8.26. The number of nitrogens with one attached hydrogen (secondary N) is 4. The third-order valence-electron chi connectivity index (χ3n) is 12.4. The molecule has 0 aliphatic carbocycles. The average Bonchev–Trinajstić information content (AvgIpc) is 4.12.